The molecule has 0 saturated carbocycles. The lowest BCUT2D eigenvalue weighted by atomic mass is 9.98. The molecular formula is C29H35N5. The van der Waals surface area contributed by atoms with Crippen LogP contribution in [-0.2, 0) is 13.0 Å². The average Bonchev–Trinajstić information content (AvgIpc) is 3.19. The zero-order chi connectivity index (χ0) is 24.0. The maximum atomic E-state index is 5.13. The quantitative estimate of drug-likeness (QED) is 0.351. The van der Waals surface area contributed by atoms with E-state index >= 15 is 0 Å². The summed E-state index contributed by atoms with van der Waals surface area (Å²) in [7, 11) is 0. The predicted molar refractivity (Wildman–Crippen MR) is 143 cm³/mol. The minimum absolute atomic E-state index is 0.290. The second-order valence-corrected chi connectivity index (χ2v) is 10.2. The van der Waals surface area contributed by atoms with Crippen molar-refractivity contribution >= 4 is 22.4 Å². The van der Waals surface area contributed by atoms with Crippen LogP contribution in [0.4, 0.5) is 11.5 Å². The number of fused-ring (bicyclic) bond motifs is 2. The molecule has 0 bridgehead atoms. The molecule has 0 radical (unpaired) electrons. The lowest BCUT2D eigenvalue weighted by molar-refractivity contribution is 0.702. The fraction of sp³-hybridized carbons (Fsp3) is 0.379. The molecule has 2 N–H and O–H groups in total. The molecule has 3 heterocycles. The van der Waals surface area contributed by atoms with Gasteiger partial charge >= 0.3 is 0 Å². The number of rotatable bonds is 5. The lowest BCUT2D eigenvalue weighted by Crippen LogP contribution is -2.33. The molecule has 1 aliphatic heterocycles. The largest absolute Gasteiger partial charge is 0.367 e. The van der Waals surface area contributed by atoms with Gasteiger partial charge in [-0.25, -0.2) is 9.97 Å². The predicted octanol–water partition coefficient (Wildman–Crippen LogP) is 6.75. The summed E-state index contributed by atoms with van der Waals surface area (Å²) in [6.07, 6.45) is 2.97. The van der Waals surface area contributed by atoms with Gasteiger partial charge in [-0.1, -0.05) is 38.1 Å². The standard InChI is InChI=1S/C29H35N5/c1-17(2)21-11-10-19(5)26(14-21)34-13-12-24-23(16-34)29(31-18(3)4)33-28(32-24)22-8-7-9-25-27(22)20(6)15-30-25/h7-11,14-15,17-18,30H,12-13,16H2,1-6H3,(H,31,32,33). The Morgan fingerprint density at radius 1 is 1.00 bits per heavy atom. The maximum Gasteiger partial charge on any atom is 0.162 e. The van der Waals surface area contributed by atoms with E-state index in [-0.39, 0.29) is 6.04 Å². The first-order chi connectivity index (χ1) is 16.3. The van der Waals surface area contributed by atoms with Gasteiger partial charge in [0.25, 0.3) is 0 Å². The molecule has 0 amide bonds. The summed E-state index contributed by atoms with van der Waals surface area (Å²) in [4.78, 5) is 16.1. The summed E-state index contributed by atoms with van der Waals surface area (Å²) in [5.41, 5.74) is 9.84. The van der Waals surface area contributed by atoms with Crippen LogP contribution in [0.1, 0.15) is 61.6 Å². The molecule has 5 heteroatoms. The topological polar surface area (TPSA) is 56.8 Å². The molecule has 1 aliphatic rings. The van der Waals surface area contributed by atoms with Crippen molar-refractivity contribution in [2.45, 2.75) is 66.5 Å². The Bertz CT molecular complexity index is 1350. The molecule has 0 fully saturated rings. The highest BCUT2D eigenvalue weighted by atomic mass is 15.2. The first kappa shape index (κ1) is 22.5. The molecule has 0 atom stereocenters. The van der Waals surface area contributed by atoms with Crippen LogP contribution in [0.3, 0.4) is 0 Å². The number of H-pyrrole nitrogens is 1. The second-order valence-electron chi connectivity index (χ2n) is 10.2. The van der Waals surface area contributed by atoms with E-state index in [0.29, 0.717) is 5.92 Å². The minimum Gasteiger partial charge on any atom is -0.367 e. The smallest absolute Gasteiger partial charge is 0.162 e. The zero-order valence-corrected chi connectivity index (χ0v) is 21.2. The van der Waals surface area contributed by atoms with E-state index in [1.54, 1.807) is 0 Å². The van der Waals surface area contributed by atoms with Gasteiger partial charge in [-0.15, -0.1) is 0 Å². The van der Waals surface area contributed by atoms with Crippen molar-refractivity contribution in [3.05, 3.63) is 70.5 Å². The van der Waals surface area contributed by atoms with Gasteiger partial charge in [-0.05, 0) is 62.4 Å². The van der Waals surface area contributed by atoms with E-state index in [1.807, 2.05) is 0 Å². The number of hydrogen-bond donors (Lipinski definition) is 2. The third-order valence-corrected chi connectivity index (χ3v) is 6.87. The third-order valence-electron chi connectivity index (χ3n) is 6.87. The third kappa shape index (κ3) is 4.04. The second kappa shape index (κ2) is 8.79. The SMILES string of the molecule is Cc1ccc(C(C)C)cc1N1CCc2nc(-c3cccc4[nH]cc(C)c34)nc(NC(C)C)c2C1. The summed E-state index contributed by atoms with van der Waals surface area (Å²) in [6, 6.07) is 13.5. The lowest BCUT2D eigenvalue weighted by Gasteiger charge is -2.33. The van der Waals surface area contributed by atoms with Crippen LogP contribution in [0, 0.1) is 13.8 Å². The highest BCUT2D eigenvalue weighted by Crippen LogP contribution is 2.35. The number of hydrogen-bond acceptors (Lipinski definition) is 4. The van der Waals surface area contributed by atoms with Crippen LogP contribution >= 0.6 is 0 Å². The van der Waals surface area contributed by atoms with Gasteiger partial charge in [0.1, 0.15) is 5.82 Å². The van der Waals surface area contributed by atoms with Gasteiger partial charge in [0.2, 0.25) is 0 Å². The van der Waals surface area contributed by atoms with Crippen molar-refractivity contribution in [3.63, 3.8) is 0 Å². The molecule has 0 unspecified atom stereocenters. The summed E-state index contributed by atoms with van der Waals surface area (Å²) in [5, 5.41) is 4.84. The molecule has 2 aromatic heterocycles. The zero-order valence-electron chi connectivity index (χ0n) is 21.2. The normalized spacial score (nSPS) is 13.7. The highest BCUT2D eigenvalue weighted by Gasteiger charge is 2.25. The minimum atomic E-state index is 0.290. The number of nitrogens with one attached hydrogen (secondary N) is 2. The molecular weight excluding hydrogens is 418 g/mol. The molecule has 176 valence electrons. The van der Waals surface area contributed by atoms with Crippen LogP contribution < -0.4 is 10.2 Å². The van der Waals surface area contributed by atoms with E-state index in [2.05, 4.69) is 99.3 Å². The summed E-state index contributed by atoms with van der Waals surface area (Å²) < 4.78 is 0. The number of aromatic nitrogens is 3. The van der Waals surface area contributed by atoms with Crippen LogP contribution in [-0.4, -0.2) is 27.5 Å². The Kier molecular flexibility index (Phi) is 5.80. The Morgan fingerprint density at radius 2 is 1.82 bits per heavy atom. The first-order valence-electron chi connectivity index (χ1n) is 12.4. The van der Waals surface area contributed by atoms with E-state index in [4.69, 9.17) is 9.97 Å². The summed E-state index contributed by atoms with van der Waals surface area (Å²) in [6.45, 7) is 15.0. The van der Waals surface area contributed by atoms with Gasteiger partial charge < -0.3 is 15.2 Å². The van der Waals surface area contributed by atoms with Crippen molar-refractivity contribution in [1.82, 2.24) is 15.0 Å². The van der Waals surface area contributed by atoms with Crippen molar-refractivity contribution in [2.75, 3.05) is 16.8 Å². The molecule has 0 spiro atoms. The van der Waals surface area contributed by atoms with Crippen molar-refractivity contribution in [3.8, 4) is 11.4 Å². The molecule has 5 rings (SSSR count). The molecule has 5 nitrogen and oxygen atoms in total. The van der Waals surface area contributed by atoms with Crippen molar-refractivity contribution in [1.29, 1.82) is 0 Å². The van der Waals surface area contributed by atoms with Gasteiger partial charge in [-0.3, -0.25) is 0 Å². The van der Waals surface area contributed by atoms with Crippen LogP contribution in [0.25, 0.3) is 22.3 Å². The highest BCUT2D eigenvalue weighted by molar-refractivity contribution is 5.96. The number of benzene rings is 2. The van der Waals surface area contributed by atoms with Crippen molar-refractivity contribution < 1.29 is 0 Å². The van der Waals surface area contributed by atoms with Gasteiger partial charge in [0, 0.05) is 59.5 Å². The molecule has 34 heavy (non-hydrogen) atoms. The number of aryl methyl sites for hydroxylation is 2. The van der Waals surface area contributed by atoms with Gasteiger partial charge in [0.05, 0.1) is 5.69 Å². The van der Waals surface area contributed by atoms with Crippen LogP contribution in [0.2, 0.25) is 0 Å². The fourth-order valence-electron chi connectivity index (χ4n) is 5.00. The number of anilines is 2. The van der Waals surface area contributed by atoms with Crippen LogP contribution in [0.15, 0.2) is 42.6 Å². The Morgan fingerprint density at radius 3 is 2.59 bits per heavy atom. The number of nitrogens with zero attached hydrogens (tertiary/aromatic N) is 3. The van der Waals surface area contributed by atoms with E-state index in [0.717, 1.165) is 47.9 Å². The summed E-state index contributed by atoms with van der Waals surface area (Å²) >= 11 is 0. The van der Waals surface area contributed by atoms with E-state index in [9.17, 15) is 0 Å². The van der Waals surface area contributed by atoms with E-state index in [1.165, 1.54) is 33.3 Å². The molecule has 0 aliphatic carbocycles. The fourth-order valence-corrected chi connectivity index (χ4v) is 5.00. The average molecular weight is 454 g/mol. The van der Waals surface area contributed by atoms with E-state index < -0.39 is 0 Å². The monoisotopic (exact) mass is 453 g/mol. The number of aromatic amines is 1. The Balaban J connectivity index is 1.59. The van der Waals surface area contributed by atoms with Crippen LogP contribution in [0.5, 0.6) is 0 Å². The van der Waals surface area contributed by atoms with Gasteiger partial charge in [-0.2, -0.15) is 0 Å². The Hall–Kier alpha value is -3.34. The summed E-state index contributed by atoms with van der Waals surface area (Å²) in [5.74, 6) is 2.28. The van der Waals surface area contributed by atoms with Gasteiger partial charge in [0.15, 0.2) is 5.82 Å². The molecule has 2 aromatic carbocycles. The Labute approximate surface area is 202 Å². The first-order valence-corrected chi connectivity index (χ1v) is 12.4. The molecule has 0 saturated heterocycles. The van der Waals surface area contributed by atoms with Crippen molar-refractivity contribution in [2.24, 2.45) is 0 Å². The molecule has 4 aromatic rings. The maximum absolute atomic E-state index is 5.13.